The van der Waals surface area contributed by atoms with Crippen LogP contribution in [0.5, 0.6) is 17.4 Å². The Balaban J connectivity index is 1.47. The number of halogens is 1. The molecule has 0 radical (unpaired) electrons. The number of nitrogens with zero attached hydrogens (tertiary/aromatic N) is 1. The normalized spacial score (nSPS) is 12.7. The molecule has 0 aliphatic heterocycles. The number of pyridine rings is 1. The lowest BCUT2D eigenvalue weighted by Crippen LogP contribution is -2.13. The van der Waals surface area contributed by atoms with Gasteiger partial charge < -0.3 is 24.4 Å². The van der Waals surface area contributed by atoms with Gasteiger partial charge in [-0.15, -0.1) is 22.7 Å². The molecule has 3 aromatic heterocycles. The first-order valence-electron chi connectivity index (χ1n) is 13.4. The van der Waals surface area contributed by atoms with E-state index < -0.39 is 29.6 Å². The Labute approximate surface area is 254 Å². The number of carboxylic acid groups (broad SMARTS) is 2. The second-order valence-electron chi connectivity index (χ2n) is 10.1. The number of hydrogen-bond acceptors (Lipinski definition) is 10. The highest BCUT2D eigenvalue weighted by atomic mass is 32.1. The van der Waals surface area contributed by atoms with E-state index >= 15 is 4.39 Å². The molecule has 2 N–H and O–H groups in total. The summed E-state index contributed by atoms with van der Waals surface area (Å²) in [6.45, 7) is 3.08. The molecule has 2 atom stereocenters. The number of carbonyl (C=O) groups excluding carboxylic acids is 2. The van der Waals surface area contributed by atoms with Gasteiger partial charge in [0.2, 0.25) is 0 Å². The number of benzene rings is 1. The van der Waals surface area contributed by atoms with E-state index in [4.69, 9.17) is 24.4 Å². The molecule has 10 nitrogen and oxygen atoms in total. The van der Waals surface area contributed by atoms with Crippen LogP contribution in [0.25, 0.3) is 20.3 Å². The van der Waals surface area contributed by atoms with Gasteiger partial charge in [-0.1, -0.05) is 13.8 Å². The highest BCUT2D eigenvalue weighted by Gasteiger charge is 2.23. The second-order valence-corrected chi connectivity index (χ2v) is 12.2. The van der Waals surface area contributed by atoms with Crippen molar-refractivity contribution < 1.29 is 48.0 Å². The number of carboxylic acids is 2. The summed E-state index contributed by atoms with van der Waals surface area (Å²) in [7, 11) is 2.89. The number of thiophene rings is 2. The first-order valence-corrected chi connectivity index (χ1v) is 15.0. The number of methoxy groups -OCH3 is 2. The average molecular weight is 632 g/mol. The molecule has 0 bridgehead atoms. The van der Waals surface area contributed by atoms with Gasteiger partial charge in [0.25, 0.3) is 5.88 Å². The number of aromatic nitrogens is 1. The van der Waals surface area contributed by atoms with E-state index in [2.05, 4.69) is 4.98 Å². The minimum atomic E-state index is -1.07. The summed E-state index contributed by atoms with van der Waals surface area (Å²) in [5, 5.41) is 18.5. The van der Waals surface area contributed by atoms with Crippen molar-refractivity contribution in [1.29, 1.82) is 0 Å². The molecule has 43 heavy (non-hydrogen) atoms. The molecular formula is C30H30FNO9S2. The van der Waals surface area contributed by atoms with Gasteiger partial charge in [-0.05, 0) is 31.0 Å². The molecule has 0 amide bonds. The summed E-state index contributed by atoms with van der Waals surface area (Å²) >= 11 is 2.29. The molecule has 0 unspecified atom stereocenters. The summed E-state index contributed by atoms with van der Waals surface area (Å²) in [4.78, 5) is 52.5. The van der Waals surface area contributed by atoms with Crippen molar-refractivity contribution in [2.24, 2.45) is 11.8 Å². The largest absolute Gasteiger partial charge is 0.496 e. The van der Waals surface area contributed by atoms with Crippen molar-refractivity contribution >= 4 is 66.5 Å². The molecule has 0 fully saturated rings. The van der Waals surface area contributed by atoms with Gasteiger partial charge in [0.1, 0.15) is 11.6 Å². The molecule has 1 aromatic carbocycles. The molecule has 4 aromatic rings. The van der Waals surface area contributed by atoms with Crippen LogP contribution in [0.3, 0.4) is 0 Å². The minimum Gasteiger partial charge on any atom is -0.496 e. The van der Waals surface area contributed by atoms with E-state index in [1.807, 2.05) is 0 Å². The maximum atomic E-state index is 15.6. The van der Waals surface area contributed by atoms with Crippen LogP contribution in [0.2, 0.25) is 0 Å². The van der Waals surface area contributed by atoms with Crippen LogP contribution < -0.4 is 14.2 Å². The smallest absolute Gasteiger partial charge is 0.306 e. The third-order valence-corrected chi connectivity index (χ3v) is 9.12. The van der Waals surface area contributed by atoms with Crippen molar-refractivity contribution in [2.45, 2.75) is 39.5 Å². The summed E-state index contributed by atoms with van der Waals surface area (Å²) in [5.41, 5.74) is 0.826. The van der Waals surface area contributed by atoms with Crippen LogP contribution in [-0.2, 0) is 16.0 Å². The monoisotopic (exact) mass is 631 g/mol. The SMILES string of the molecule is COc1cc2sc(C(=O)C[C@H](C)C(=O)O)cc2nc1OCCCc1c(OC)cc2sc(C(=O)C[C@H](C)C(=O)O)cc2c1F. The highest BCUT2D eigenvalue weighted by Crippen LogP contribution is 2.37. The Morgan fingerprint density at radius 2 is 1.42 bits per heavy atom. The number of ether oxygens (including phenoxy) is 3. The highest BCUT2D eigenvalue weighted by molar-refractivity contribution is 7.21. The lowest BCUT2D eigenvalue weighted by atomic mass is 10.0. The third-order valence-electron chi connectivity index (χ3n) is 6.88. The molecular weight excluding hydrogens is 601 g/mol. The van der Waals surface area contributed by atoms with Crippen molar-refractivity contribution in [3.8, 4) is 17.4 Å². The van der Waals surface area contributed by atoms with Gasteiger partial charge >= 0.3 is 11.9 Å². The molecule has 4 rings (SSSR count). The Morgan fingerprint density at radius 1 is 0.860 bits per heavy atom. The summed E-state index contributed by atoms with van der Waals surface area (Å²) in [6.07, 6.45) is 0.334. The van der Waals surface area contributed by atoms with Gasteiger partial charge in [0.15, 0.2) is 17.3 Å². The summed E-state index contributed by atoms with van der Waals surface area (Å²) in [6, 6.07) is 6.42. The van der Waals surface area contributed by atoms with E-state index in [1.165, 1.54) is 45.5 Å². The van der Waals surface area contributed by atoms with Gasteiger partial charge in [0, 0.05) is 34.6 Å². The topological polar surface area (TPSA) is 149 Å². The van der Waals surface area contributed by atoms with E-state index in [9.17, 15) is 19.2 Å². The van der Waals surface area contributed by atoms with E-state index in [0.717, 1.165) is 11.3 Å². The molecule has 0 spiro atoms. The number of aliphatic carboxylic acids is 2. The molecule has 0 aliphatic carbocycles. The second kappa shape index (κ2) is 13.5. The van der Waals surface area contributed by atoms with Crippen molar-refractivity contribution in [3.63, 3.8) is 0 Å². The standard InChI is InChI=1S/C30H30FNO9S2/c1-14(29(35)36)8-19(33)25-10-17-23(42-25)12-21(39-3)16(27(17)31)6-5-7-41-28-22(40-4)13-24-18(32-28)11-26(43-24)20(34)9-15(2)30(37)38/h10-15H,5-9H2,1-4H3,(H,35,36)(H,37,38)/t14-,15-/m0/s1. The molecule has 3 heterocycles. The predicted molar refractivity (Wildman–Crippen MR) is 160 cm³/mol. The maximum Gasteiger partial charge on any atom is 0.306 e. The Bertz CT molecular complexity index is 1710. The number of Topliss-reactive ketones (excluding diaryl/α,β-unsaturated/α-hetero) is 2. The summed E-state index contributed by atoms with van der Waals surface area (Å²) < 4.78 is 33.5. The van der Waals surface area contributed by atoms with Crippen LogP contribution in [0.1, 0.15) is 58.0 Å². The van der Waals surface area contributed by atoms with Crippen LogP contribution in [0.4, 0.5) is 4.39 Å². The van der Waals surface area contributed by atoms with Crippen molar-refractivity contribution in [1.82, 2.24) is 4.98 Å². The molecule has 13 heteroatoms. The average Bonchev–Trinajstić information content (AvgIpc) is 3.59. The van der Waals surface area contributed by atoms with Crippen LogP contribution in [-0.4, -0.2) is 59.5 Å². The Hall–Kier alpha value is -4.10. The van der Waals surface area contributed by atoms with Crippen LogP contribution in [0.15, 0.2) is 24.3 Å². The molecule has 0 saturated heterocycles. The van der Waals surface area contributed by atoms with Gasteiger partial charge in [-0.2, -0.15) is 0 Å². The van der Waals surface area contributed by atoms with E-state index in [-0.39, 0.29) is 53.6 Å². The number of hydrogen-bond donors (Lipinski definition) is 2. The number of fused-ring (bicyclic) bond motifs is 2. The Kier molecular flexibility index (Phi) is 9.97. The van der Waals surface area contributed by atoms with Crippen LogP contribution in [0, 0.1) is 17.7 Å². The fourth-order valence-corrected chi connectivity index (χ4v) is 6.40. The zero-order valence-electron chi connectivity index (χ0n) is 23.9. The number of carbonyl (C=O) groups is 4. The molecule has 0 aliphatic rings. The van der Waals surface area contributed by atoms with Crippen molar-refractivity contribution in [3.05, 3.63) is 45.4 Å². The fourth-order valence-electron chi connectivity index (χ4n) is 4.38. The first-order chi connectivity index (χ1) is 20.4. The van der Waals surface area contributed by atoms with Gasteiger partial charge in [-0.3, -0.25) is 19.2 Å². The maximum absolute atomic E-state index is 15.6. The van der Waals surface area contributed by atoms with Gasteiger partial charge in [-0.25, -0.2) is 9.37 Å². The van der Waals surface area contributed by atoms with Crippen LogP contribution >= 0.6 is 22.7 Å². The fraction of sp³-hybridized carbons (Fsp3) is 0.367. The predicted octanol–water partition coefficient (Wildman–Crippen LogP) is 6.27. The van der Waals surface area contributed by atoms with Crippen molar-refractivity contribution in [2.75, 3.05) is 20.8 Å². The van der Waals surface area contributed by atoms with E-state index in [1.54, 1.807) is 18.2 Å². The molecule has 0 saturated carbocycles. The number of ketones is 2. The number of rotatable bonds is 15. The first kappa shape index (κ1) is 31.8. The lowest BCUT2D eigenvalue weighted by Gasteiger charge is -2.12. The lowest BCUT2D eigenvalue weighted by molar-refractivity contribution is -0.141. The zero-order chi connectivity index (χ0) is 31.4. The molecule has 228 valence electrons. The minimum absolute atomic E-state index is 0.124. The van der Waals surface area contributed by atoms with E-state index in [0.29, 0.717) is 43.3 Å². The quantitative estimate of drug-likeness (QED) is 0.114. The Morgan fingerprint density at radius 3 is 2.00 bits per heavy atom. The summed E-state index contributed by atoms with van der Waals surface area (Å²) in [5.74, 6) is -4.05. The van der Waals surface area contributed by atoms with Gasteiger partial charge in [0.05, 0.1) is 52.6 Å². The zero-order valence-corrected chi connectivity index (χ0v) is 25.5. The third kappa shape index (κ3) is 7.11.